The van der Waals surface area contributed by atoms with Crippen molar-refractivity contribution in [1.82, 2.24) is 15.3 Å². The van der Waals surface area contributed by atoms with E-state index >= 15 is 0 Å². The first kappa shape index (κ1) is 14.6. The van der Waals surface area contributed by atoms with Crippen molar-refractivity contribution in [3.63, 3.8) is 0 Å². The topological polar surface area (TPSA) is 68.7 Å². The van der Waals surface area contributed by atoms with Gasteiger partial charge in [0.2, 0.25) is 5.75 Å². The van der Waals surface area contributed by atoms with E-state index in [0.29, 0.717) is 17.2 Å². The Hall–Kier alpha value is -2.28. The molecule has 0 unspecified atom stereocenters. The van der Waals surface area contributed by atoms with Gasteiger partial charge in [-0.25, -0.2) is 9.97 Å². The fraction of sp³-hybridized carbons (Fsp3) is 0.467. The second kappa shape index (κ2) is 6.23. The predicted molar refractivity (Wildman–Crippen MR) is 84.3 cm³/mol. The molecule has 1 aromatic carbocycles. The molecule has 1 N–H and O–H groups in total. The third-order valence-electron chi connectivity index (χ3n) is 3.83. The molecule has 0 amide bonds. The lowest BCUT2D eigenvalue weighted by Crippen LogP contribution is -2.44. The van der Waals surface area contributed by atoms with Crippen molar-refractivity contribution in [1.29, 1.82) is 0 Å². The maximum Gasteiger partial charge on any atom is 0.205 e. The molecule has 1 saturated heterocycles. The van der Waals surface area contributed by atoms with Crippen molar-refractivity contribution >= 4 is 16.7 Å². The Kier molecular flexibility index (Phi) is 4.15. The van der Waals surface area contributed by atoms with E-state index in [2.05, 4.69) is 20.2 Å². The second-order valence-corrected chi connectivity index (χ2v) is 4.98. The van der Waals surface area contributed by atoms with Crippen LogP contribution in [0.5, 0.6) is 17.2 Å². The van der Waals surface area contributed by atoms with Crippen LogP contribution in [-0.2, 0) is 0 Å². The fourth-order valence-corrected chi connectivity index (χ4v) is 2.78. The lowest BCUT2D eigenvalue weighted by molar-refractivity contribution is 0.327. The van der Waals surface area contributed by atoms with E-state index in [1.165, 1.54) is 0 Å². The molecular formula is C15H20N4O3. The Morgan fingerprint density at radius 2 is 1.73 bits per heavy atom. The average Bonchev–Trinajstić information content (AvgIpc) is 2.60. The van der Waals surface area contributed by atoms with Crippen LogP contribution in [0.3, 0.4) is 0 Å². The summed E-state index contributed by atoms with van der Waals surface area (Å²) in [4.78, 5) is 11.1. The Balaban J connectivity index is 2.22. The number of nitrogens with zero attached hydrogens (tertiary/aromatic N) is 3. The molecule has 0 radical (unpaired) electrons. The Labute approximate surface area is 129 Å². The third-order valence-corrected chi connectivity index (χ3v) is 3.83. The molecule has 0 bridgehead atoms. The van der Waals surface area contributed by atoms with E-state index < -0.39 is 0 Å². The molecule has 1 aliphatic heterocycles. The number of piperazine rings is 1. The zero-order chi connectivity index (χ0) is 15.5. The van der Waals surface area contributed by atoms with Gasteiger partial charge in [0.1, 0.15) is 17.7 Å². The quantitative estimate of drug-likeness (QED) is 0.906. The van der Waals surface area contributed by atoms with E-state index in [-0.39, 0.29) is 0 Å². The molecule has 7 heteroatoms. The number of aromatic nitrogens is 2. The normalized spacial score (nSPS) is 15.0. The number of fused-ring (bicyclic) bond motifs is 1. The Bertz CT molecular complexity index is 671. The van der Waals surface area contributed by atoms with E-state index in [9.17, 15) is 0 Å². The van der Waals surface area contributed by atoms with Crippen LogP contribution in [0.25, 0.3) is 10.9 Å². The van der Waals surface area contributed by atoms with Crippen molar-refractivity contribution in [3.8, 4) is 17.2 Å². The van der Waals surface area contributed by atoms with Crippen LogP contribution in [0.15, 0.2) is 12.4 Å². The molecule has 1 aliphatic rings. The fourth-order valence-electron chi connectivity index (χ4n) is 2.78. The molecule has 3 rings (SSSR count). The zero-order valence-corrected chi connectivity index (χ0v) is 13.0. The van der Waals surface area contributed by atoms with Crippen LogP contribution in [-0.4, -0.2) is 57.5 Å². The number of hydrogen-bond acceptors (Lipinski definition) is 7. The average molecular weight is 304 g/mol. The number of hydrogen-bond donors (Lipinski definition) is 1. The van der Waals surface area contributed by atoms with Crippen LogP contribution in [0, 0.1) is 0 Å². The third kappa shape index (κ3) is 2.37. The van der Waals surface area contributed by atoms with Crippen molar-refractivity contribution in [2.24, 2.45) is 0 Å². The SMILES string of the molecule is COc1cc2c(N3CCNCC3)ncnc2c(OC)c1OC. The number of methoxy groups -OCH3 is 3. The molecule has 1 fully saturated rings. The zero-order valence-electron chi connectivity index (χ0n) is 13.0. The van der Waals surface area contributed by atoms with Gasteiger partial charge in [0.25, 0.3) is 0 Å². The Morgan fingerprint density at radius 1 is 1.00 bits per heavy atom. The highest BCUT2D eigenvalue weighted by atomic mass is 16.5. The van der Waals surface area contributed by atoms with E-state index in [1.54, 1.807) is 27.7 Å². The van der Waals surface area contributed by atoms with E-state index in [4.69, 9.17) is 14.2 Å². The molecule has 0 atom stereocenters. The molecular weight excluding hydrogens is 284 g/mol. The maximum atomic E-state index is 5.51. The number of anilines is 1. The first-order valence-corrected chi connectivity index (χ1v) is 7.19. The van der Waals surface area contributed by atoms with Gasteiger partial charge in [0.05, 0.1) is 26.7 Å². The van der Waals surface area contributed by atoms with Gasteiger partial charge in [-0.05, 0) is 6.07 Å². The van der Waals surface area contributed by atoms with Crippen LogP contribution in [0.2, 0.25) is 0 Å². The van der Waals surface area contributed by atoms with Gasteiger partial charge >= 0.3 is 0 Å². The van der Waals surface area contributed by atoms with Crippen LogP contribution in [0.4, 0.5) is 5.82 Å². The largest absolute Gasteiger partial charge is 0.493 e. The smallest absolute Gasteiger partial charge is 0.205 e. The predicted octanol–water partition coefficient (Wildman–Crippen LogP) is 1.07. The van der Waals surface area contributed by atoms with Crippen LogP contribution >= 0.6 is 0 Å². The maximum absolute atomic E-state index is 5.51. The van der Waals surface area contributed by atoms with Crippen molar-refractivity contribution < 1.29 is 14.2 Å². The second-order valence-electron chi connectivity index (χ2n) is 4.98. The molecule has 1 aromatic heterocycles. The van der Waals surface area contributed by atoms with Gasteiger partial charge in [-0.2, -0.15) is 0 Å². The number of ether oxygens (including phenoxy) is 3. The summed E-state index contributed by atoms with van der Waals surface area (Å²) in [5.74, 6) is 2.61. The summed E-state index contributed by atoms with van der Waals surface area (Å²) in [6.07, 6.45) is 1.56. The molecule has 7 nitrogen and oxygen atoms in total. The summed E-state index contributed by atoms with van der Waals surface area (Å²) in [5, 5.41) is 4.24. The molecule has 2 aromatic rings. The minimum atomic E-state index is 0.544. The van der Waals surface area contributed by atoms with Crippen molar-refractivity contribution in [3.05, 3.63) is 12.4 Å². The highest BCUT2D eigenvalue weighted by molar-refractivity contribution is 5.97. The standard InChI is InChI=1S/C15H20N4O3/c1-20-11-8-10-12(14(22-3)13(11)21-2)17-9-18-15(10)19-6-4-16-5-7-19/h8-9,16H,4-7H2,1-3H3. The van der Waals surface area contributed by atoms with Gasteiger partial charge < -0.3 is 24.4 Å². The summed E-state index contributed by atoms with van der Waals surface area (Å²) < 4.78 is 16.4. The highest BCUT2D eigenvalue weighted by Gasteiger charge is 2.22. The van der Waals surface area contributed by atoms with Gasteiger partial charge in [0.15, 0.2) is 11.5 Å². The summed E-state index contributed by atoms with van der Waals surface area (Å²) in [5.41, 5.74) is 0.726. The van der Waals surface area contributed by atoms with E-state index in [0.717, 1.165) is 42.9 Å². The molecule has 0 aliphatic carbocycles. The first-order chi connectivity index (χ1) is 10.8. The molecule has 0 saturated carbocycles. The lowest BCUT2D eigenvalue weighted by Gasteiger charge is -2.29. The van der Waals surface area contributed by atoms with E-state index in [1.807, 2.05) is 6.07 Å². The highest BCUT2D eigenvalue weighted by Crippen LogP contribution is 2.44. The molecule has 2 heterocycles. The number of benzene rings is 1. The number of rotatable bonds is 4. The summed E-state index contributed by atoms with van der Waals surface area (Å²) >= 11 is 0. The van der Waals surface area contributed by atoms with Crippen molar-refractivity contribution in [2.45, 2.75) is 0 Å². The van der Waals surface area contributed by atoms with Gasteiger partial charge in [-0.1, -0.05) is 0 Å². The summed E-state index contributed by atoms with van der Waals surface area (Å²) in [6, 6.07) is 1.91. The number of nitrogens with one attached hydrogen (secondary N) is 1. The van der Waals surface area contributed by atoms with Gasteiger partial charge in [0, 0.05) is 26.2 Å². The monoisotopic (exact) mass is 304 g/mol. The molecule has 0 spiro atoms. The Morgan fingerprint density at radius 3 is 2.36 bits per heavy atom. The lowest BCUT2D eigenvalue weighted by atomic mass is 10.1. The van der Waals surface area contributed by atoms with Gasteiger partial charge in [-0.3, -0.25) is 0 Å². The summed E-state index contributed by atoms with van der Waals surface area (Å²) in [6.45, 7) is 3.69. The van der Waals surface area contributed by atoms with Crippen LogP contribution < -0.4 is 24.4 Å². The molecule has 118 valence electrons. The molecule has 22 heavy (non-hydrogen) atoms. The minimum absolute atomic E-state index is 0.544. The van der Waals surface area contributed by atoms with Crippen LogP contribution in [0.1, 0.15) is 0 Å². The minimum Gasteiger partial charge on any atom is -0.493 e. The van der Waals surface area contributed by atoms with Crippen molar-refractivity contribution in [2.75, 3.05) is 52.4 Å². The van der Waals surface area contributed by atoms with Gasteiger partial charge in [-0.15, -0.1) is 0 Å². The first-order valence-electron chi connectivity index (χ1n) is 7.19. The summed E-state index contributed by atoms with van der Waals surface area (Å²) in [7, 11) is 4.80.